The Bertz CT molecular complexity index is 1040. The molecule has 2 aromatic rings. The SMILES string of the molecule is COC(=O)C(c1ccccc1C1CCCCO1)N1CC[C@@H](OCCCCc2ccc3c(n2)NCCC3)C1. The third-order valence-corrected chi connectivity index (χ3v) is 7.92. The van der Waals surface area contributed by atoms with Crippen LogP contribution in [0.5, 0.6) is 0 Å². The number of fused-ring (bicyclic) bond motifs is 1. The molecule has 200 valence electrons. The van der Waals surface area contributed by atoms with Gasteiger partial charge in [-0.2, -0.15) is 0 Å². The van der Waals surface area contributed by atoms with Crippen LogP contribution in [0.2, 0.25) is 0 Å². The first-order valence-electron chi connectivity index (χ1n) is 14.1. The van der Waals surface area contributed by atoms with Crippen LogP contribution in [0.1, 0.15) is 79.5 Å². The molecule has 1 N–H and O–H groups in total. The summed E-state index contributed by atoms with van der Waals surface area (Å²) in [5.41, 5.74) is 4.62. The molecule has 2 fully saturated rings. The van der Waals surface area contributed by atoms with Crippen molar-refractivity contribution in [2.45, 2.75) is 76.0 Å². The first-order valence-corrected chi connectivity index (χ1v) is 14.1. The number of ether oxygens (including phenoxy) is 3. The van der Waals surface area contributed by atoms with Crippen molar-refractivity contribution in [2.24, 2.45) is 0 Å². The van der Waals surface area contributed by atoms with Crippen molar-refractivity contribution in [1.82, 2.24) is 9.88 Å². The van der Waals surface area contributed by atoms with Crippen molar-refractivity contribution < 1.29 is 19.0 Å². The number of carbonyl (C=O) groups excluding carboxylic acids is 1. The molecule has 4 heterocycles. The smallest absolute Gasteiger partial charge is 0.327 e. The minimum atomic E-state index is -0.427. The second kappa shape index (κ2) is 12.9. The maximum Gasteiger partial charge on any atom is 0.327 e. The van der Waals surface area contributed by atoms with Crippen LogP contribution >= 0.6 is 0 Å². The average molecular weight is 508 g/mol. The summed E-state index contributed by atoms with van der Waals surface area (Å²) in [5.74, 6) is 0.860. The lowest BCUT2D eigenvalue weighted by molar-refractivity contribution is -0.147. The molecule has 2 unspecified atom stereocenters. The molecule has 0 bridgehead atoms. The summed E-state index contributed by atoms with van der Waals surface area (Å²) in [6.45, 7) is 4.08. The maximum atomic E-state index is 13.0. The van der Waals surface area contributed by atoms with Gasteiger partial charge in [0.15, 0.2) is 0 Å². The Morgan fingerprint density at radius 3 is 2.95 bits per heavy atom. The van der Waals surface area contributed by atoms with Crippen LogP contribution in [-0.2, 0) is 31.8 Å². The van der Waals surface area contributed by atoms with E-state index in [1.807, 2.05) is 12.1 Å². The largest absolute Gasteiger partial charge is 0.468 e. The highest BCUT2D eigenvalue weighted by atomic mass is 16.5. The van der Waals surface area contributed by atoms with E-state index in [1.165, 1.54) is 19.1 Å². The Labute approximate surface area is 220 Å². The molecule has 0 aliphatic carbocycles. The van der Waals surface area contributed by atoms with E-state index < -0.39 is 6.04 Å². The zero-order chi connectivity index (χ0) is 25.5. The van der Waals surface area contributed by atoms with Crippen LogP contribution < -0.4 is 5.32 Å². The van der Waals surface area contributed by atoms with E-state index in [9.17, 15) is 4.79 Å². The van der Waals surface area contributed by atoms with Gasteiger partial charge < -0.3 is 19.5 Å². The Morgan fingerprint density at radius 1 is 1.16 bits per heavy atom. The fraction of sp³-hybridized carbons (Fsp3) is 0.600. The number of anilines is 1. The topological polar surface area (TPSA) is 72.9 Å². The lowest BCUT2D eigenvalue weighted by Crippen LogP contribution is -2.35. The van der Waals surface area contributed by atoms with Gasteiger partial charge in [-0.15, -0.1) is 0 Å². The number of hydrogen-bond donors (Lipinski definition) is 1. The van der Waals surface area contributed by atoms with Gasteiger partial charge in [-0.25, -0.2) is 9.78 Å². The molecule has 0 amide bonds. The normalized spacial score (nSPS) is 22.7. The molecule has 7 nitrogen and oxygen atoms in total. The average Bonchev–Trinajstić information content (AvgIpc) is 3.41. The number of rotatable bonds is 10. The number of aryl methyl sites for hydroxylation is 2. The third-order valence-electron chi connectivity index (χ3n) is 7.92. The van der Waals surface area contributed by atoms with E-state index in [0.717, 1.165) is 107 Å². The predicted molar refractivity (Wildman–Crippen MR) is 144 cm³/mol. The molecule has 3 atom stereocenters. The van der Waals surface area contributed by atoms with E-state index in [4.69, 9.17) is 19.2 Å². The van der Waals surface area contributed by atoms with Crippen LogP contribution in [0.4, 0.5) is 5.82 Å². The molecule has 3 aliphatic rings. The first kappa shape index (κ1) is 26.1. The minimum Gasteiger partial charge on any atom is -0.468 e. The fourth-order valence-corrected chi connectivity index (χ4v) is 5.91. The van der Waals surface area contributed by atoms with E-state index in [2.05, 4.69) is 34.5 Å². The van der Waals surface area contributed by atoms with Gasteiger partial charge in [-0.1, -0.05) is 30.3 Å². The number of esters is 1. The van der Waals surface area contributed by atoms with Crippen LogP contribution in [0.25, 0.3) is 0 Å². The summed E-state index contributed by atoms with van der Waals surface area (Å²) < 4.78 is 17.6. The summed E-state index contributed by atoms with van der Waals surface area (Å²) in [4.78, 5) is 20.0. The van der Waals surface area contributed by atoms with Gasteiger partial charge in [0.2, 0.25) is 0 Å². The Balaban J connectivity index is 1.13. The van der Waals surface area contributed by atoms with Gasteiger partial charge in [0.05, 0.1) is 19.3 Å². The van der Waals surface area contributed by atoms with Gasteiger partial charge >= 0.3 is 5.97 Å². The van der Waals surface area contributed by atoms with Crippen molar-refractivity contribution in [3.8, 4) is 0 Å². The Hall–Kier alpha value is -2.48. The zero-order valence-corrected chi connectivity index (χ0v) is 22.1. The molecule has 1 aromatic carbocycles. The molecule has 0 saturated carbocycles. The number of likely N-dealkylation sites (tertiary alicyclic amines) is 1. The molecule has 1 aromatic heterocycles. The van der Waals surface area contributed by atoms with Crippen molar-refractivity contribution in [2.75, 3.05) is 45.3 Å². The number of hydrogen-bond acceptors (Lipinski definition) is 7. The summed E-state index contributed by atoms with van der Waals surface area (Å²) in [6, 6.07) is 12.2. The van der Waals surface area contributed by atoms with Crippen molar-refractivity contribution in [1.29, 1.82) is 0 Å². The first-order chi connectivity index (χ1) is 18.2. The molecule has 0 spiro atoms. The monoisotopic (exact) mass is 507 g/mol. The van der Waals surface area contributed by atoms with Gasteiger partial charge in [0, 0.05) is 38.5 Å². The van der Waals surface area contributed by atoms with Gasteiger partial charge in [0.1, 0.15) is 11.9 Å². The highest BCUT2D eigenvalue weighted by molar-refractivity contribution is 5.78. The van der Waals surface area contributed by atoms with Crippen molar-refractivity contribution in [3.63, 3.8) is 0 Å². The summed E-state index contributed by atoms with van der Waals surface area (Å²) in [7, 11) is 1.48. The van der Waals surface area contributed by atoms with E-state index in [-0.39, 0.29) is 18.2 Å². The second-order valence-electron chi connectivity index (χ2n) is 10.5. The van der Waals surface area contributed by atoms with E-state index >= 15 is 0 Å². The van der Waals surface area contributed by atoms with Crippen molar-refractivity contribution >= 4 is 11.8 Å². The molecular weight excluding hydrogens is 466 g/mol. The molecule has 0 radical (unpaired) electrons. The maximum absolute atomic E-state index is 13.0. The Morgan fingerprint density at radius 2 is 2.08 bits per heavy atom. The number of nitrogens with zero attached hydrogens (tertiary/aromatic N) is 2. The van der Waals surface area contributed by atoms with E-state index in [0.29, 0.717) is 0 Å². The number of methoxy groups -OCH3 is 1. The van der Waals surface area contributed by atoms with Gasteiger partial charge in [0.25, 0.3) is 0 Å². The lowest BCUT2D eigenvalue weighted by atomic mass is 9.92. The number of benzene rings is 1. The van der Waals surface area contributed by atoms with Gasteiger partial charge in [-0.05, 0) is 80.5 Å². The summed E-state index contributed by atoms with van der Waals surface area (Å²) in [5, 5.41) is 3.42. The Kier molecular flexibility index (Phi) is 9.08. The van der Waals surface area contributed by atoms with Crippen LogP contribution in [-0.4, -0.2) is 61.9 Å². The predicted octanol–water partition coefficient (Wildman–Crippen LogP) is 5.01. The standard InChI is InChI=1S/C30H41N3O4/c1-35-30(34)28(26-12-3-2-11-25(26)27-13-5-7-20-37-27)33-18-16-24(21-33)36-19-6-4-10-23-15-14-22-9-8-17-31-29(22)32-23/h2-3,11-12,14-15,24,27-28H,4-10,13,16-21H2,1H3,(H,31,32)/t24-,27?,28?/m1/s1. The second-order valence-corrected chi connectivity index (χ2v) is 10.5. The molecule has 2 saturated heterocycles. The van der Waals surface area contributed by atoms with Gasteiger partial charge in [-0.3, -0.25) is 4.90 Å². The van der Waals surface area contributed by atoms with Crippen LogP contribution in [0.3, 0.4) is 0 Å². The molecule has 7 heteroatoms. The highest BCUT2D eigenvalue weighted by Crippen LogP contribution is 2.36. The molecule has 37 heavy (non-hydrogen) atoms. The van der Waals surface area contributed by atoms with Crippen LogP contribution in [0.15, 0.2) is 36.4 Å². The lowest BCUT2D eigenvalue weighted by Gasteiger charge is -2.31. The molecule has 5 rings (SSSR count). The third kappa shape index (κ3) is 6.51. The molecule has 3 aliphatic heterocycles. The number of carbonyl (C=O) groups is 1. The summed E-state index contributed by atoms with van der Waals surface area (Å²) in [6.07, 6.45) is 9.70. The number of nitrogens with one attached hydrogen (secondary N) is 1. The summed E-state index contributed by atoms with van der Waals surface area (Å²) >= 11 is 0. The number of aromatic nitrogens is 1. The van der Waals surface area contributed by atoms with Crippen LogP contribution in [0, 0.1) is 0 Å². The number of pyridine rings is 1. The van der Waals surface area contributed by atoms with E-state index in [1.54, 1.807) is 0 Å². The minimum absolute atomic E-state index is 0.0483. The molecular formula is C30H41N3O4. The highest BCUT2D eigenvalue weighted by Gasteiger charge is 2.37. The zero-order valence-electron chi connectivity index (χ0n) is 22.1. The number of unbranched alkanes of at least 4 members (excludes halogenated alkanes) is 1. The fourth-order valence-electron chi connectivity index (χ4n) is 5.91. The quantitative estimate of drug-likeness (QED) is 0.358. The van der Waals surface area contributed by atoms with Crippen molar-refractivity contribution in [3.05, 3.63) is 58.8 Å².